The van der Waals surface area contributed by atoms with Crippen molar-refractivity contribution in [3.63, 3.8) is 0 Å². The molecular weight excluding hydrogens is 382 g/mol. The van der Waals surface area contributed by atoms with Crippen LogP contribution < -0.4 is 15.4 Å². The SMILES string of the molecule is CCC(=O)NCc1nc(-c2ccccc2NC(=O)CCOc2ccccc2)oc1C. The van der Waals surface area contributed by atoms with Crippen molar-refractivity contribution in [1.82, 2.24) is 10.3 Å². The minimum absolute atomic E-state index is 0.0515. The van der Waals surface area contributed by atoms with Crippen LogP contribution in [0.15, 0.2) is 59.0 Å². The minimum Gasteiger partial charge on any atom is -0.493 e. The summed E-state index contributed by atoms with van der Waals surface area (Å²) in [6, 6.07) is 16.7. The zero-order chi connectivity index (χ0) is 21.3. The molecular formula is C23H25N3O4. The lowest BCUT2D eigenvalue weighted by Gasteiger charge is -2.09. The third-order valence-electron chi connectivity index (χ3n) is 4.44. The van der Waals surface area contributed by atoms with Crippen molar-refractivity contribution >= 4 is 17.5 Å². The van der Waals surface area contributed by atoms with Crippen molar-refractivity contribution in [2.75, 3.05) is 11.9 Å². The number of carbonyl (C=O) groups excluding carboxylic acids is 2. The summed E-state index contributed by atoms with van der Waals surface area (Å²) in [7, 11) is 0. The normalized spacial score (nSPS) is 10.5. The first-order chi connectivity index (χ1) is 14.6. The van der Waals surface area contributed by atoms with Gasteiger partial charge in [0.15, 0.2) is 0 Å². The summed E-state index contributed by atoms with van der Waals surface area (Å²) in [5.41, 5.74) is 1.93. The Hall–Kier alpha value is -3.61. The Bertz CT molecular complexity index is 999. The Kier molecular flexibility index (Phi) is 7.21. The Balaban J connectivity index is 1.64. The second kappa shape index (κ2) is 10.2. The van der Waals surface area contributed by atoms with Crippen molar-refractivity contribution in [3.8, 4) is 17.2 Å². The van der Waals surface area contributed by atoms with Gasteiger partial charge in [-0.05, 0) is 31.2 Å². The Labute approximate surface area is 175 Å². The summed E-state index contributed by atoms with van der Waals surface area (Å²) >= 11 is 0. The Morgan fingerprint density at radius 1 is 1.03 bits per heavy atom. The maximum Gasteiger partial charge on any atom is 0.228 e. The molecule has 3 rings (SSSR count). The number of rotatable bonds is 9. The summed E-state index contributed by atoms with van der Waals surface area (Å²) in [4.78, 5) is 28.4. The van der Waals surface area contributed by atoms with Gasteiger partial charge in [-0.3, -0.25) is 9.59 Å². The Morgan fingerprint density at radius 3 is 2.53 bits per heavy atom. The van der Waals surface area contributed by atoms with Crippen LogP contribution in [0.2, 0.25) is 0 Å². The molecule has 3 aromatic rings. The van der Waals surface area contributed by atoms with E-state index >= 15 is 0 Å². The zero-order valence-corrected chi connectivity index (χ0v) is 17.1. The van der Waals surface area contributed by atoms with Gasteiger partial charge in [-0.25, -0.2) is 4.98 Å². The predicted octanol–water partition coefficient (Wildman–Crippen LogP) is 4.08. The average Bonchev–Trinajstić information content (AvgIpc) is 3.13. The minimum atomic E-state index is -0.169. The molecule has 7 heteroatoms. The first kappa shape index (κ1) is 21.1. The van der Waals surface area contributed by atoms with Crippen LogP contribution in [0.1, 0.15) is 31.2 Å². The lowest BCUT2D eigenvalue weighted by molar-refractivity contribution is -0.121. The van der Waals surface area contributed by atoms with Crippen molar-refractivity contribution in [2.24, 2.45) is 0 Å². The molecule has 1 aromatic heterocycles. The van der Waals surface area contributed by atoms with Gasteiger partial charge in [0.2, 0.25) is 17.7 Å². The molecule has 0 unspecified atom stereocenters. The molecule has 0 aliphatic heterocycles. The maximum absolute atomic E-state index is 12.4. The lowest BCUT2D eigenvalue weighted by atomic mass is 10.1. The fourth-order valence-electron chi connectivity index (χ4n) is 2.78. The highest BCUT2D eigenvalue weighted by atomic mass is 16.5. The van der Waals surface area contributed by atoms with E-state index in [1.54, 1.807) is 19.9 Å². The molecule has 0 radical (unpaired) electrons. The molecule has 0 aliphatic carbocycles. The van der Waals surface area contributed by atoms with Gasteiger partial charge in [0.25, 0.3) is 0 Å². The number of hydrogen-bond donors (Lipinski definition) is 2. The van der Waals surface area contributed by atoms with E-state index in [0.717, 1.165) is 5.75 Å². The van der Waals surface area contributed by atoms with Gasteiger partial charge in [0.1, 0.15) is 17.2 Å². The smallest absolute Gasteiger partial charge is 0.228 e. The van der Waals surface area contributed by atoms with Gasteiger partial charge in [0, 0.05) is 6.42 Å². The zero-order valence-electron chi connectivity index (χ0n) is 17.1. The van der Waals surface area contributed by atoms with E-state index in [1.165, 1.54) is 0 Å². The molecule has 7 nitrogen and oxygen atoms in total. The average molecular weight is 407 g/mol. The molecule has 2 N–H and O–H groups in total. The highest BCUT2D eigenvalue weighted by Gasteiger charge is 2.16. The molecule has 156 valence electrons. The topological polar surface area (TPSA) is 93.5 Å². The van der Waals surface area contributed by atoms with Gasteiger partial charge >= 0.3 is 0 Å². The fourth-order valence-corrected chi connectivity index (χ4v) is 2.78. The maximum atomic E-state index is 12.4. The van der Waals surface area contributed by atoms with Crippen molar-refractivity contribution < 1.29 is 18.7 Å². The predicted molar refractivity (Wildman–Crippen MR) is 114 cm³/mol. The number of benzene rings is 2. The second-order valence-electron chi connectivity index (χ2n) is 6.66. The van der Waals surface area contributed by atoms with Crippen LogP contribution in [0.3, 0.4) is 0 Å². The molecule has 0 spiro atoms. The summed E-state index contributed by atoms with van der Waals surface area (Å²) in [5.74, 6) is 1.52. The molecule has 0 bridgehead atoms. The number of aromatic nitrogens is 1. The van der Waals surface area contributed by atoms with Crippen molar-refractivity contribution in [3.05, 3.63) is 66.1 Å². The van der Waals surface area contributed by atoms with Gasteiger partial charge < -0.3 is 19.8 Å². The number of nitrogens with zero attached hydrogens (tertiary/aromatic N) is 1. The van der Waals surface area contributed by atoms with E-state index < -0.39 is 0 Å². The molecule has 2 aromatic carbocycles. The number of nitrogens with one attached hydrogen (secondary N) is 2. The molecule has 1 heterocycles. The largest absolute Gasteiger partial charge is 0.493 e. The number of amides is 2. The van der Waals surface area contributed by atoms with Crippen LogP contribution >= 0.6 is 0 Å². The summed E-state index contributed by atoms with van der Waals surface area (Å²) in [6.45, 7) is 4.16. The molecule has 0 fully saturated rings. The summed E-state index contributed by atoms with van der Waals surface area (Å²) < 4.78 is 11.4. The molecule has 0 aliphatic rings. The van der Waals surface area contributed by atoms with Crippen molar-refractivity contribution in [2.45, 2.75) is 33.2 Å². The monoisotopic (exact) mass is 407 g/mol. The van der Waals surface area contributed by atoms with Gasteiger partial charge in [-0.15, -0.1) is 0 Å². The van der Waals surface area contributed by atoms with Crippen molar-refractivity contribution in [1.29, 1.82) is 0 Å². The standard InChI is InChI=1S/C23H25N3O4/c1-3-21(27)24-15-20-16(2)30-23(26-20)18-11-7-8-12-19(18)25-22(28)13-14-29-17-9-5-4-6-10-17/h4-12H,3,13-15H2,1-2H3,(H,24,27)(H,25,28). The molecule has 0 atom stereocenters. The summed E-state index contributed by atoms with van der Waals surface area (Å²) in [5, 5.41) is 5.69. The van der Waals surface area contributed by atoms with E-state index in [2.05, 4.69) is 15.6 Å². The van der Waals surface area contributed by atoms with E-state index in [1.807, 2.05) is 48.5 Å². The number of anilines is 1. The van der Waals surface area contributed by atoms with Gasteiger partial charge in [-0.2, -0.15) is 0 Å². The second-order valence-corrected chi connectivity index (χ2v) is 6.66. The van der Waals surface area contributed by atoms with E-state index in [-0.39, 0.29) is 24.8 Å². The fraction of sp³-hybridized carbons (Fsp3) is 0.261. The number of hydrogen-bond acceptors (Lipinski definition) is 5. The summed E-state index contributed by atoms with van der Waals surface area (Å²) in [6.07, 6.45) is 0.620. The molecule has 30 heavy (non-hydrogen) atoms. The highest BCUT2D eigenvalue weighted by Crippen LogP contribution is 2.29. The van der Waals surface area contributed by atoms with Crippen LogP contribution in [0.4, 0.5) is 5.69 Å². The van der Waals surface area contributed by atoms with Gasteiger partial charge in [0.05, 0.1) is 30.8 Å². The first-order valence-electron chi connectivity index (χ1n) is 9.87. The van der Waals surface area contributed by atoms with Gasteiger partial charge in [-0.1, -0.05) is 37.3 Å². The first-order valence-corrected chi connectivity index (χ1v) is 9.87. The number of aryl methyl sites for hydroxylation is 1. The van der Waals surface area contributed by atoms with Crippen LogP contribution in [0.25, 0.3) is 11.5 Å². The quantitative estimate of drug-likeness (QED) is 0.557. The van der Waals surface area contributed by atoms with E-state index in [4.69, 9.17) is 9.15 Å². The number of oxazole rings is 1. The van der Waals surface area contributed by atoms with Crippen LogP contribution in [-0.4, -0.2) is 23.4 Å². The van der Waals surface area contributed by atoms with Crippen LogP contribution in [-0.2, 0) is 16.1 Å². The van der Waals surface area contributed by atoms with Crippen LogP contribution in [0.5, 0.6) is 5.75 Å². The van der Waals surface area contributed by atoms with E-state index in [0.29, 0.717) is 41.6 Å². The molecule has 0 saturated carbocycles. The Morgan fingerprint density at radius 2 is 1.77 bits per heavy atom. The number of carbonyl (C=O) groups is 2. The molecule has 0 saturated heterocycles. The third-order valence-corrected chi connectivity index (χ3v) is 4.44. The lowest BCUT2D eigenvalue weighted by Crippen LogP contribution is -2.21. The molecule has 2 amide bonds. The number of para-hydroxylation sites is 2. The third kappa shape index (κ3) is 5.70. The highest BCUT2D eigenvalue weighted by molar-refractivity contribution is 5.94. The van der Waals surface area contributed by atoms with Crippen LogP contribution in [0, 0.1) is 6.92 Å². The number of ether oxygens (including phenoxy) is 1. The van der Waals surface area contributed by atoms with E-state index in [9.17, 15) is 9.59 Å².